The second kappa shape index (κ2) is 12.4. The number of hydrogen-bond donors (Lipinski definition) is 0. The first-order valence-electron chi connectivity index (χ1n) is 18.3. The summed E-state index contributed by atoms with van der Waals surface area (Å²) < 4.78 is 0. The third kappa shape index (κ3) is 4.99. The molecule has 0 heterocycles. The summed E-state index contributed by atoms with van der Waals surface area (Å²) in [5.41, 5.74) is 15.3. The van der Waals surface area contributed by atoms with Gasteiger partial charge in [0.1, 0.15) is 0 Å². The number of nitrogens with zero attached hydrogens (tertiary/aromatic N) is 1. The number of rotatable bonds is 7. The largest absolute Gasteiger partial charge is 0.309 e. The van der Waals surface area contributed by atoms with Crippen molar-refractivity contribution < 1.29 is 0 Å². The smallest absolute Gasteiger partial charge is 0.0621 e. The number of anilines is 3. The van der Waals surface area contributed by atoms with E-state index < -0.39 is 0 Å². The van der Waals surface area contributed by atoms with Crippen LogP contribution in [0, 0.1) is 6.92 Å². The van der Waals surface area contributed by atoms with Crippen LogP contribution in [-0.4, -0.2) is 0 Å². The lowest BCUT2D eigenvalue weighted by atomic mass is 9.73. The quantitative estimate of drug-likeness (QED) is 0.165. The molecule has 1 nitrogen and oxygen atoms in total. The average Bonchev–Trinajstić information content (AvgIpc) is 3.47. The van der Waals surface area contributed by atoms with Gasteiger partial charge in [-0.15, -0.1) is 0 Å². The lowest BCUT2D eigenvalue weighted by molar-refractivity contribution is 0.491. The molecule has 0 aromatic heterocycles. The predicted octanol–water partition coefficient (Wildman–Crippen LogP) is 14.2. The number of aryl methyl sites for hydroxylation is 1. The molecule has 246 valence electrons. The molecule has 0 unspecified atom stereocenters. The maximum atomic E-state index is 2.52. The minimum absolute atomic E-state index is 0.0310. The van der Waals surface area contributed by atoms with Gasteiger partial charge < -0.3 is 4.90 Å². The summed E-state index contributed by atoms with van der Waals surface area (Å²) in [5.74, 6) is 0. The molecular formula is C50H41N. The third-order valence-electron chi connectivity index (χ3n) is 11.3. The molecule has 8 aromatic carbocycles. The van der Waals surface area contributed by atoms with Crippen LogP contribution in [0.1, 0.15) is 43.4 Å². The van der Waals surface area contributed by atoms with E-state index in [0.29, 0.717) is 0 Å². The van der Waals surface area contributed by atoms with Crippen LogP contribution in [0.15, 0.2) is 170 Å². The van der Waals surface area contributed by atoms with Crippen LogP contribution in [-0.2, 0) is 5.41 Å². The lowest BCUT2D eigenvalue weighted by Crippen LogP contribution is -2.23. The molecule has 1 aliphatic carbocycles. The molecule has 1 heteroatoms. The zero-order chi connectivity index (χ0) is 34.5. The monoisotopic (exact) mass is 655 g/mol. The normalized spacial score (nSPS) is 12.9. The first kappa shape index (κ1) is 31.1. The highest BCUT2D eigenvalue weighted by Crippen LogP contribution is 2.59. The Morgan fingerprint density at radius 3 is 1.75 bits per heavy atom. The molecule has 0 N–H and O–H groups in total. The van der Waals surface area contributed by atoms with Crippen molar-refractivity contribution in [3.05, 3.63) is 187 Å². The van der Waals surface area contributed by atoms with E-state index in [4.69, 9.17) is 0 Å². The molecule has 8 aromatic rings. The van der Waals surface area contributed by atoms with Crippen LogP contribution in [0.5, 0.6) is 0 Å². The van der Waals surface area contributed by atoms with Gasteiger partial charge in [-0.25, -0.2) is 0 Å². The highest BCUT2D eigenvalue weighted by atomic mass is 15.1. The molecule has 9 rings (SSSR count). The molecule has 0 bridgehead atoms. The van der Waals surface area contributed by atoms with Crippen LogP contribution in [0.3, 0.4) is 0 Å². The average molecular weight is 656 g/mol. The third-order valence-corrected chi connectivity index (χ3v) is 11.3. The highest BCUT2D eigenvalue weighted by Gasteiger charge is 2.43. The van der Waals surface area contributed by atoms with Crippen molar-refractivity contribution >= 4 is 38.6 Å². The molecule has 51 heavy (non-hydrogen) atoms. The standard InChI is InChI=1S/C50H41N/c1-4-50(5-2)46-25-14-13-24-43(46)48-47(50)33-39-21-11-12-23-42(39)49(48)51(41-22-15-16-34(3)30-41)40-28-26-36(27-29-40)45-32-38-20-10-9-19-37(38)31-44(45)35-17-7-6-8-18-35/h6-33H,4-5H2,1-3H3. The van der Waals surface area contributed by atoms with E-state index in [1.54, 1.807) is 0 Å². The molecule has 0 spiro atoms. The van der Waals surface area contributed by atoms with Crippen molar-refractivity contribution in [3.63, 3.8) is 0 Å². The van der Waals surface area contributed by atoms with Crippen LogP contribution < -0.4 is 4.90 Å². The Bertz CT molecular complexity index is 2560. The maximum Gasteiger partial charge on any atom is 0.0621 e. The summed E-state index contributed by atoms with van der Waals surface area (Å²) in [7, 11) is 0. The van der Waals surface area contributed by atoms with Crippen molar-refractivity contribution in [2.24, 2.45) is 0 Å². The van der Waals surface area contributed by atoms with Crippen LogP contribution in [0.25, 0.3) is 54.9 Å². The first-order valence-corrected chi connectivity index (χ1v) is 18.3. The van der Waals surface area contributed by atoms with Gasteiger partial charge in [-0.1, -0.05) is 141 Å². The van der Waals surface area contributed by atoms with E-state index in [9.17, 15) is 0 Å². The summed E-state index contributed by atoms with van der Waals surface area (Å²) >= 11 is 0. The fourth-order valence-electron chi connectivity index (χ4n) is 8.79. The Morgan fingerprint density at radius 2 is 1.06 bits per heavy atom. The maximum absolute atomic E-state index is 2.52. The minimum Gasteiger partial charge on any atom is -0.309 e. The van der Waals surface area contributed by atoms with Crippen molar-refractivity contribution in [3.8, 4) is 33.4 Å². The number of fused-ring (bicyclic) bond motifs is 5. The van der Waals surface area contributed by atoms with Gasteiger partial charge in [0, 0.05) is 27.7 Å². The van der Waals surface area contributed by atoms with E-state index in [0.717, 1.165) is 18.5 Å². The lowest BCUT2D eigenvalue weighted by Gasteiger charge is -2.32. The predicted molar refractivity (Wildman–Crippen MR) is 219 cm³/mol. The molecule has 0 saturated carbocycles. The summed E-state index contributed by atoms with van der Waals surface area (Å²) in [5, 5.41) is 5.05. The Balaban J connectivity index is 1.30. The van der Waals surface area contributed by atoms with Crippen molar-refractivity contribution in [2.75, 3.05) is 4.90 Å². The van der Waals surface area contributed by atoms with Crippen molar-refractivity contribution in [1.29, 1.82) is 0 Å². The number of hydrogen-bond acceptors (Lipinski definition) is 1. The Hall–Kier alpha value is -5.92. The molecule has 0 radical (unpaired) electrons. The molecular weight excluding hydrogens is 615 g/mol. The fourth-order valence-corrected chi connectivity index (χ4v) is 8.79. The van der Waals surface area contributed by atoms with Crippen molar-refractivity contribution in [2.45, 2.75) is 39.0 Å². The van der Waals surface area contributed by atoms with Gasteiger partial charge in [0.2, 0.25) is 0 Å². The first-order chi connectivity index (χ1) is 25.1. The zero-order valence-electron chi connectivity index (χ0n) is 29.5. The highest BCUT2D eigenvalue weighted by molar-refractivity contribution is 6.10. The van der Waals surface area contributed by atoms with Gasteiger partial charge in [0.15, 0.2) is 0 Å². The summed E-state index contributed by atoms with van der Waals surface area (Å²) in [6.45, 7) is 6.91. The molecule has 0 fully saturated rings. The van der Waals surface area contributed by atoms with Crippen LogP contribution >= 0.6 is 0 Å². The molecule has 0 aliphatic heterocycles. The fraction of sp³-hybridized carbons (Fsp3) is 0.120. The minimum atomic E-state index is -0.0310. The van der Waals surface area contributed by atoms with E-state index in [1.165, 1.54) is 83.0 Å². The molecule has 0 amide bonds. The van der Waals surface area contributed by atoms with E-state index in [1.807, 2.05) is 0 Å². The second-order valence-corrected chi connectivity index (χ2v) is 14.0. The van der Waals surface area contributed by atoms with Gasteiger partial charge in [0.05, 0.1) is 5.69 Å². The molecule has 0 atom stereocenters. The Labute approximate surface area is 301 Å². The topological polar surface area (TPSA) is 3.24 Å². The summed E-state index contributed by atoms with van der Waals surface area (Å²) in [4.78, 5) is 2.52. The zero-order valence-corrected chi connectivity index (χ0v) is 29.5. The van der Waals surface area contributed by atoms with Crippen LogP contribution in [0.2, 0.25) is 0 Å². The Kier molecular flexibility index (Phi) is 7.59. The van der Waals surface area contributed by atoms with Gasteiger partial charge in [0.25, 0.3) is 0 Å². The van der Waals surface area contributed by atoms with E-state index in [2.05, 4.69) is 196 Å². The second-order valence-electron chi connectivity index (χ2n) is 14.0. The van der Waals surface area contributed by atoms with Gasteiger partial charge in [-0.2, -0.15) is 0 Å². The van der Waals surface area contributed by atoms with Gasteiger partial charge in [-0.05, 0) is 123 Å². The van der Waals surface area contributed by atoms with E-state index in [-0.39, 0.29) is 5.41 Å². The SMILES string of the molecule is CCC1(CC)c2ccccc2-c2c1cc1ccccc1c2N(c1ccc(-c2cc3ccccc3cc2-c2ccccc2)cc1)c1cccc(C)c1. The summed E-state index contributed by atoms with van der Waals surface area (Å²) in [6, 6.07) is 63.0. The summed E-state index contributed by atoms with van der Waals surface area (Å²) in [6.07, 6.45) is 2.11. The van der Waals surface area contributed by atoms with Gasteiger partial charge >= 0.3 is 0 Å². The van der Waals surface area contributed by atoms with Crippen molar-refractivity contribution in [1.82, 2.24) is 0 Å². The van der Waals surface area contributed by atoms with E-state index >= 15 is 0 Å². The number of benzene rings is 8. The Morgan fingerprint density at radius 1 is 0.451 bits per heavy atom. The van der Waals surface area contributed by atoms with Crippen LogP contribution in [0.4, 0.5) is 17.1 Å². The van der Waals surface area contributed by atoms with Gasteiger partial charge in [-0.3, -0.25) is 0 Å². The molecule has 1 aliphatic rings. The molecule has 0 saturated heterocycles.